The van der Waals surface area contributed by atoms with Gasteiger partial charge in [-0.25, -0.2) is 9.78 Å². The minimum absolute atomic E-state index is 0.0333. The lowest BCUT2D eigenvalue weighted by Crippen LogP contribution is -2.25. The Kier molecular flexibility index (Phi) is 6.25. The number of methoxy groups -OCH3 is 1. The fraction of sp³-hybridized carbons (Fsp3) is 0.261. The van der Waals surface area contributed by atoms with Crippen LogP contribution in [-0.4, -0.2) is 40.0 Å². The second kappa shape index (κ2) is 9.42. The van der Waals surface area contributed by atoms with Crippen LogP contribution in [0.1, 0.15) is 44.8 Å². The lowest BCUT2D eigenvalue weighted by atomic mass is 10.1. The molecule has 0 aliphatic heterocycles. The molecule has 1 amide bonds. The first-order chi connectivity index (χ1) is 15.5. The molecule has 1 aliphatic carbocycles. The number of pyridine rings is 1. The van der Waals surface area contributed by atoms with Gasteiger partial charge in [-0.2, -0.15) is 4.98 Å². The second-order valence-corrected chi connectivity index (χ2v) is 7.59. The molecule has 4 rings (SSSR count). The fourth-order valence-corrected chi connectivity index (χ4v) is 3.13. The van der Waals surface area contributed by atoms with Gasteiger partial charge in [0.1, 0.15) is 11.4 Å². The Balaban J connectivity index is 1.34. The fourth-order valence-electron chi connectivity index (χ4n) is 3.13. The Morgan fingerprint density at radius 2 is 1.91 bits per heavy atom. The van der Waals surface area contributed by atoms with Crippen LogP contribution in [0.25, 0.3) is 0 Å². The lowest BCUT2D eigenvalue weighted by Gasteiger charge is -2.09. The molecule has 0 radical (unpaired) electrons. The summed E-state index contributed by atoms with van der Waals surface area (Å²) in [6.07, 6.45) is 6.65. The zero-order chi connectivity index (χ0) is 22.5. The van der Waals surface area contributed by atoms with Crippen LogP contribution in [0.5, 0.6) is 0 Å². The number of nitrogens with one attached hydrogen (secondary N) is 2. The number of carbonyl (C=O) groups is 2. The molecule has 0 atom stereocenters. The first-order valence-corrected chi connectivity index (χ1v) is 10.3. The van der Waals surface area contributed by atoms with Crippen LogP contribution in [0, 0.1) is 0 Å². The summed E-state index contributed by atoms with van der Waals surface area (Å²) in [4.78, 5) is 36.4. The van der Waals surface area contributed by atoms with Crippen molar-refractivity contribution in [3.8, 4) is 0 Å². The highest BCUT2D eigenvalue weighted by Gasteiger charge is 2.23. The molecule has 1 aliphatic rings. The van der Waals surface area contributed by atoms with Crippen molar-refractivity contribution >= 4 is 29.3 Å². The highest BCUT2D eigenvalue weighted by Crippen LogP contribution is 2.20. The quantitative estimate of drug-likeness (QED) is 0.463. The maximum absolute atomic E-state index is 12.2. The summed E-state index contributed by atoms with van der Waals surface area (Å²) < 4.78 is 4.64. The average molecular weight is 432 g/mol. The van der Waals surface area contributed by atoms with Crippen LogP contribution >= 0.6 is 0 Å². The number of hydrogen-bond acceptors (Lipinski definition) is 8. The van der Waals surface area contributed by atoms with Crippen molar-refractivity contribution in [3.05, 3.63) is 71.2 Å². The standard InChI is InChI=1S/C23H24N6O3/c1-32-22(31)19-13-26-23(29-20(19)24)28-17-5-2-14(3-6-17)4-7-18-12-15(10-11-25-18)21(30)27-16-8-9-16/h2-3,5-6,10-13,16H,4,7-9H2,1H3,(H,27,30)(H3,24,26,28,29). The van der Waals surface area contributed by atoms with Crippen LogP contribution in [0.3, 0.4) is 0 Å². The van der Waals surface area contributed by atoms with E-state index in [1.165, 1.54) is 13.3 Å². The molecule has 32 heavy (non-hydrogen) atoms. The Hall–Kier alpha value is -4.01. The number of anilines is 3. The molecule has 4 N–H and O–H groups in total. The van der Waals surface area contributed by atoms with Crippen molar-refractivity contribution in [3.63, 3.8) is 0 Å². The molecule has 2 aromatic heterocycles. The van der Waals surface area contributed by atoms with E-state index in [0.717, 1.165) is 42.6 Å². The molecule has 0 spiro atoms. The van der Waals surface area contributed by atoms with Gasteiger partial charge in [-0.1, -0.05) is 12.1 Å². The third-order valence-corrected chi connectivity index (χ3v) is 5.09. The second-order valence-electron chi connectivity index (χ2n) is 7.59. The predicted octanol–water partition coefficient (Wildman–Crippen LogP) is 2.66. The van der Waals surface area contributed by atoms with Gasteiger partial charge in [0.25, 0.3) is 5.91 Å². The van der Waals surface area contributed by atoms with Crippen LogP contribution in [0.2, 0.25) is 0 Å². The molecule has 3 aromatic rings. The number of rotatable bonds is 8. The van der Waals surface area contributed by atoms with Gasteiger partial charge >= 0.3 is 5.97 Å². The van der Waals surface area contributed by atoms with Gasteiger partial charge in [-0.15, -0.1) is 0 Å². The number of esters is 1. The largest absolute Gasteiger partial charge is 0.465 e. The lowest BCUT2D eigenvalue weighted by molar-refractivity contribution is 0.0601. The van der Waals surface area contributed by atoms with Gasteiger partial charge in [0.05, 0.1) is 7.11 Å². The maximum atomic E-state index is 12.2. The SMILES string of the molecule is COC(=O)c1cnc(Nc2ccc(CCc3cc(C(=O)NC4CC4)ccn3)cc2)nc1N. The van der Waals surface area contributed by atoms with E-state index < -0.39 is 5.97 Å². The molecule has 9 nitrogen and oxygen atoms in total. The van der Waals surface area contributed by atoms with Crippen LogP contribution < -0.4 is 16.4 Å². The Bertz CT molecular complexity index is 1130. The maximum Gasteiger partial charge on any atom is 0.343 e. The van der Waals surface area contributed by atoms with E-state index in [1.54, 1.807) is 12.3 Å². The molecule has 0 unspecified atom stereocenters. The number of nitrogen functional groups attached to an aromatic ring is 1. The molecule has 164 valence electrons. The third-order valence-electron chi connectivity index (χ3n) is 5.09. The van der Waals surface area contributed by atoms with Crippen molar-refractivity contribution < 1.29 is 14.3 Å². The highest BCUT2D eigenvalue weighted by molar-refractivity contribution is 5.94. The molecule has 1 fully saturated rings. The van der Waals surface area contributed by atoms with E-state index in [0.29, 0.717) is 11.6 Å². The first kappa shape index (κ1) is 21.2. The van der Waals surface area contributed by atoms with Gasteiger partial charge in [0, 0.05) is 35.4 Å². The van der Waals surface area contributed by atoms with Crippen molar-refractivity contribution in [1.82, 2.24) is 20.3 Å². The highest BCUT2D eigenvalue weighted by atomic mass is 16.5. The third kappa shape index (κ3) is 5.37. The van der Waals surface area contributed by atoms with Crippen LogP contribution in [-0.2, 0) is 17.6 Å². The zero-order valence-corrected chi connectivity index (χ0v) is 17.7. The summed E-state index contributed by atoms with van der Waals surface area (Å²) in [5.41, 5.74) is 9.38. The Morgan fingerprint density at radius 1 is 1.12 bits per heavy atom. The Labute approximate surface area is 185 Å². The summed E-state index contributed by atoms with van der Waals surface area (Å²) >= 11 is 0. The van der Waals surface area contributed by atoms with Crippen molar-refractivity contribution in [2.24, 2.45) is 0 Å². The van der Waals surface area contributed by atoms with Gasteiger partial charge in [0.2, 0.25) is 5.95 Å². The number of aryl methyl sites for hydroxylation is 2. The number of amides is 1. The number of benzene rings is 1. The van der Waals surface area contributed by atoms with E-state index in [2.05, 4.69) is 30.3 Å². The van der Waals surface area contributed by atoms with Gasteiger partial charge < -0.3 is 21.1 Å². The molecule has 1 aromatic carbocycles. The molecule has 0 bridgehead atoms. The van der Waals surface area contributed by atoms with E-state index in [1.807, 2.05) is 30.3 Å². The normalized spacial score (nSPS) is 12.8. The van der Waals surface area contributed by atoms with Crippen LogP contribution in [0.4, 0.5) is 17.5 Å². The molecule has 2 heterocycles. The van der Waals surface area contributed by atoms with Gasteiger partial charge in [-0.05, 0) is 55.5 Å². The predicted molar refractivity (Wildman–Crippen MR) is 120 cm³/mol. The molecule has 9 heteroatoms. The van der Waals surface area contributed by atoms with Crippen molar-refractivity contribution in [2.75, 3.05) is 18.2 Å². The topological polar surface area (TPSA) is 132 Å². The monoisotopic (exact) mass is 432 g/mol. The summed E-state index contributed by atoms with van der Waals surface area (Å²) in [5.74, 6) is -0.282. The number of ether oxygens (including phenoxy) is 1. The Morgan fingerprint density at radius 3 is 2.59 bits per heavy atom. The number of hydrogen-bond donors (Lipinski definition) is 3. The smallest absolute Gasteiger partial charge is 0.343 e. The number of carbonyl (C=O) groups excluding carboxylic acids is 2. The van der Waals surface area contributed by atoms with Crippen LogP contribution in [0.15, 0.2) is 48.8 Å². The average Bonchev–Trinajstić information content (AvgIpc) is 3.62. The van der Waals surface area contributed by atoms with Gasteiger partial charge in [-0.3, -0.25) is 9.78 Å². The summed E-state index contributed by atoms with van der Waals surface area (Å²) in [6.45, 7) is 0. The van der Waals surface area contributed by atoms with Crippen molar-refractivity contribution in [2.45, 2.75) is 31.7 Å². The van der Waals surface area contributed by atoms with E-state index in [9.17, 15) is 9.59 Å². The van der Waals surface area contributed by atoms with E-state index in [4.69, 9.17) is 5.73 Å². The van der Waals surface area contributed by atoms with Gasteiger partial charge in [0.15, 0.2) is 0 Å². The molecule has 0 saturated heterocycles. The summed E-state index contributed by atoms with van der Waals surface area (Å²) in [6, 6.07) is 11.8. The minimum atomic E-state index is -0.582. The molecule has 1 saturated carbocycles. The molecular formula is C23H24N6O3. The summed E-state index contributed by atoms with van der Waals surface area (Å²) in [5, 5.41) is 6.06. The van der Waals surface area contributed by atoms with Crippen molar-refractivity contribution in [1.29, 1.82) is 0 Å². The number of nitrogens with zero attached hydrogens (tertiary/aromatic N) is 3. The summed E-state index contributed by atoms with van der Waals surface area (Å²) in [7, 11) is 1.27. The van der Waals surface area contributed by atoms with E-state index >= 15 is 0 Å². The zero-order valence-electron chi connectivity index (χ0n) is 17.7. The molecular weight excluding hydrogens is 408 g/mol. The number of aromatic nitrogens is 3. The minimum Gasteiger partial charge on any atom is -0.465 e. The number of nitrogens with two attached hydrogens (primary N) is 1. The van der Waals surface area contributed by atoms with E-state index in [-0.39, 0.29) is 23.2 Å². The first-order valence-electron chi connectivity index (χ1n) is 10.3.